The highest BCUT2D eigenvalue weighted by atomic mass is 16.6. The van der Waals surface area contributed by atoms with Gasteiger partial charge in [0.15, 0.2) is 0 Å². The van der Waals surface area contributed by atoms with Crippen molar-refractivity contribution in [3.8, 4) is 0 Å². The minimum Gasteiger partial charge on any atom is -0.306 e. The summed E-state index contributed by atoms with van der Waals surface area (Å²) < 4.78 is 0. The van der Waals surface area contributed by atoms with Crippen LogP contribution >= 0.6 is 0 Å². The number of hydrogen-bond donors (Lipinski definition) is 0. The lowest BCUT2D eigenvalue weighted by molar-refractivity contribution is -0.384. The molecule has 0 unspecified atom stereocenters. The van der Waals surface area contributed by atoms with Gasteiger partial charge in [0.2, 0.25) is 11.8 Å². The van der Waals surface area contributed by atoms with Gasteiger partial charge in [-0.2, -0.15) is 0 Å². The van der Waals surface area contributed by atoms with Crippen molar-refractivity contribution in [3.63, 3.8) is 0 Å². The molecular weight excluding hydrogens is 394 g/mol. The number of benzene rings is 3. The summed E-state index contributed by atoms with van der Waals surface area (Å²) >= 11 is 0. The highest BCUT2D eigenvalue weighted by Crippen LogP contribution is 2.31. The molecule has 31 heavy (non-hydrogen) atoms. The smallest absolute Gasteiger partial charge is 0.269 e. The second kappa shape index (κ2) is 8.79. The van der Waals surface area contributed by atoms with Crippen LogP contribution in [0.1, 0.15) is 17.5 Å². The Hall–Kier alpha value is -4.00. The number of nitrogens with zero attached hydrogens (tertiary/aromatic N) is 3. The number of fused-ring (bicyclic) bond motifs is 1. The van der Waals surface area contributed by atoms with E-state index in [2.05, 4.69) is 0 Å². The number of hydrogen-bond acceptors (Lipinski definition) is 4. The number of non-ortho nitro benzene ring substituents is 1. The largest absolute Gasteiger partial charge is 0.306 e. The Kier molecular flexibility index (Phi) is 5.75. The Bertz CT molecular complexity index is 1120. The third kappa shape index (κ3) is 4.45. The minimum absolute atomic E-state index is 0.0191. The van der Waals surface area contributed by atoms with Crippen LogP contribution in [-0.4, -0.2) is 23.3 Å². The lowest BCUT2D eigenvalue weighted by Crippen LogP contribution is -2.44. The fraction of sp³-hybridized carbons (Fsp3) is 0.167. The number of carbonyl (C=O) groups excluding carboxylic acids is 2. The maximum absolute atomic E-state index is 13.4. The summed E-state index contributed by atoms with van der Waals surface area (Å²) in [6, 6.07) is 23.4. The standard InChI is InChI=1S/C24H21N3O4/c28-23-14-11-19-15-21(27(30)31)12-13-22(19)26(23)17-24(29)25(20-9-5-2-6-10-20)16-18-7-3-1-4-8-18/h1-10,12-13,15H,11,14,16-17H2. The Morgan fingerprint density at radius 2 is 1.65 bits per heavy atom. The number of carbonyl (C=O) groups is 2. The van der Waals surface area contributed by atoms with Crippen molar-refractivity contribution in [2.24, 2.45) is 0 Å². The van der Waals surface area contributed by atoms with Crippen molar-refractivity contribution in [1.82, 2.24) is 0 Å². The van der Waals surface area contributed by atoms with Gasteiger partial charge in [0.25, 0.3) is 5.69 Å². The SMILES string of the molecule is O=C(CN1C(=O)CCc2cc([N+](=O)[O-])ccc21)N(Cc1ccccc1)c1ccccc1. The minimum atomic E-state index is -0.455. The molecule has 0 saturated carbocycles. The summed E-state index contributed by atoms with van der Waals surface area (Å²) in [7, 11) is 0. The molecule has 3 aromatic rings. The number of nitro benzene ring substituents is 1. The molecular formula is C24H21N3O4. The zero-order chi connectivity index (χ0) is 21.8. The van der Waals surface area contributed by atoms with Gasteiger partial charge < -0.3 is 9.80 Å². The first kappa shape index (κ1) is 20.3. The zero-order valence-corrected chi connectivity index (χ0v) is 16.8. The van der Waals surface area contributed by atoms with E-state index in [1.54, 1.807) is 11.0 Å². The lowest BCUT2D eigenvalue weighted by Gasteiger charge is -2.31. The molecule has 0 saturated heterocycles. The Morgan fingerprint density at radius 3 is 2.32 bits per heavy atom. The fourth-order valence-corrected chi connectivity index (χ4v) is 3.75. The third-order valence-electron chi connectivity index (χ3n) is 5.32. The Labute approximate surface area is 179 Å². The van der Waals surface area contributed by atoms with Gasteiger partial charge in [-0.25, -0.2) is 0 Å². The van der Waals surface area contributed by atoms with Gasteiger partial charge in [-0.05, 0) is 35.7 Å². The monoisotopic (exact) mass is 415 g/mol. The Morgan fingerprint density at radius 1 is 0.968 bits per heavy atom. The highest BCUT2D eigenvalue weighted by Gasteiger charge is 2.29. The first-order valence-electron chi connectivity index (χ1n) is 10.00. The van der Waals surface area contributed by atoms with Gasteiger partial charge in [-0.3, -0.25) is 19.7 Å². The van der Waals surface area contributed by atoms with E-state index in [-0.39, 0.29) is 30.5 Å². The molecule has 0 aliphatic carbocycles. The topological polar surface area (TPSA) is 83.8 Å². The molecule has 2 amide bonds. The van der Waals surface area contributed by atoms with Crippen molar-refractivity contribution >= 4 is 28.9 Å². The molecule has 4 rings (SSSR count). The van der Waals surface area contributed by atoms with E-state index >= 15 is 0 Å². The van der Waals surface area contributed by atoms with E-state index in [0.717, 1.165) is 11.3 Å². The van der Waals surface area contributed by atoms with Crippen LogP contribution < -0.4 is 9.80 Å². The third-order valence-corrected chi connectivity index (χ3v) is 5.32. The van der Waals surface area contributed by atoms with Crippen LogP contribution in [0.15, 0.2) is 78.9 Å². The van der Waals surface area contributed by atoms with Crippen LogP contribution in [-0.2, 0) is 22.6 Å². The second-order valence-corrected chi connectivity index (χ2v) is 7.35. The normalized spacial score (nSPS) is 12.9. The van der Waals surface area contributed by atoms with Crippen LogP contribution in [0.25, 0.3) is 0 Å². The van der Waals surface area contributed by atoms with Crippen molar-refractivity contribution < 1.29 is 14.5 Å². The van der Waals surface area contributed by atoms with E-state index in [4.69, 9.17) is 0 Å². The van der Waals surface area contributed by atoms with Gasteiger partial charge in [0, 0.05) is 29.9 Å². The highest BCUT2D eigenvalue weighted by molar-refractivity contribution is 6.05. The summed E-state index contributed by atoms with van der Waals surface area (Å²) in [5, 5.41) is 11.1. The van der Waals surface area contributed by atoms with E-state index in [1.807, 2.05) is 60.7 Å². The molecule has 0 aromatic heterocycles. The van der Waals surface area contributed by atoms with Gasteiger partial charge in [-0.15, -0.1) is 0 Å². The summed E-state index contributed by atoms with van der Waals surface area (Å²) in [5.74, 6) is -0.392. The van der Waals surface area contributed by atoms with E-state index < -0.39 is 4.92 Å². The summed E-state index contributed by atoms with van der Waals surface area (Å²) in [5.41, 5.74) is 2.96. The molecule has 156 valence electrons. The predicted molar refractivity (Wildman–Crippen MR) is 118 cm³/mol. The van der Waals surface area contributed by atoms with Crippen LogP contribution in [0.5, 0.6) is 0 Å². The summed E-state index contributed by atoms with van der Waals surface area (Å²) in [6.07, 6.45) is 0.637. The van der Waals surface area contributed by atoms with Gasteiger partial charge >= 0.3 is 0 Å². The number of anilines is 2. The van der Waals surface area contributed by atoms with E-state index in [9.17, 15) is 19.7 Å². The maximum atomic E-state index is 13.4. The van der Waals surface area contributed by atoms with Gasteiger partial charge in [0.1, 0.15) is 6.54 Å². The van der Waals surface area contributed by atoms with Crippen molar-refractivity contribution in [2.75, 3.05) is 16.3 Å². The van der Waals surface area contributed by atoms with Crippen LogP contribution in [0.2, 0.25) is 0 Å². The first-order chi connectivity index (χ1) is 15.0. The molecule has 3 aromatic carbocycles. The van der Waals surface area contributed by atoms with Gasteiger partial charge in [-0.1, -0.05) is 48.5 Å². The lowest BCUT2D eigenvalue weighted by atomic mass is 10.0. The molecule has 1 heterocycles. The average molecular weight is 415 g/mol. The predicted octanol–water partition coefficient (Wildman–Crippen LogP) is 4.11. The Balaban J connectivity index is 1.63. The number of nitro groups is 1. The maximum Gasteiger partial charge on any atom is 0.269 e. The molecule has 1 aliphatic heterocycles. The number of rotatable bonds is 6. The first-order valence-corrected chi connectivity index (χ1v) is 10.00. The van der Waals surface area contributed by atoms with Crippen LogP contribution in [0.3, 0.4) is 0 Å². The molecule has 0 radical (unpaired) electrons. The van der Waals surface area contributed by atoms with Crippen molar-refractivity contribution in [1.29, 1.82) is 0 Å². The quantitative estimate of drug-likeness (QED) is 0.448. The van der Waals surface area contributed by atoms with Crippen LogP contribution in [0, 0.1) is 10.1 Å². The molecule has 7 nitrogen and oxygen atoms in total. The van der Waals surface area contributed by atoms with E-state index in [1.165, 1.54) is 17.0 Å². The fourth-order valence-electron chi connectivity index (χ4n) is 3.75. The van der Waals surface area contributed by atoms with Crippen molar-refractivity contribution in [2.45, 2.75) is 19.4 Å². The summed E-state index contributed by atoms with van der Waals surface area (Å²) in [6.45, 7) is 0.240. The molecule has 0 spiro atoms. The molecule has 0 N–H and O–H groups in total. The van der Waals surface area contributed by atoms with E-state index in [0.29, 0.717) is 24.2 Å². The van der Waals surface area contributed by atoms with Crippen molar-refractivity contribution in [3.05, 3.63) is 100 Å². The zero-order valence-electron chi connectivity index (χ0n) is 16.8. The van der Waals surface area contributed by atoms with Crippen LogP contribution in [0.4, 0.5) is 17.1 Å². The molecule has 0 bridgehead atoms. The molecule has 1 aliphatic rings. The second-order valence-electron chi connectivity index (χ2n) is 7.35. The number of aryl methyl sites for hydroxylation is 1. The molecule has 0 atom stereocenters. The van der Waals surface area contributed by atoms with Gasteiger partial charge in [0.05, 0.1) is 11.5 Å². The average Bonchev–Trinajstić information content (AvgIpc) is 2.80. The summed E-state index contributed by atoms with van der Waals surface area (Å²) in [4.78, 5) is 39.8. The molecule has 0 fully saturated rings. The molecule has 7 heteroatoms. The number of amides is 2. The number of para-hydroxylation sites is 1.